The van der Waals surface area contributed by atoms with Crippen molar-refractivity contribution in [3.8, 4) is 17.6 Å². The number of hydrogen-bond donors (Lipinski definition) is 0. The van der Waals surface area contributed by atoms with Crippen LogP contribution in [0.3, 0.4) is 0 Å². The molecule has 3 nitrogen and oxygen atoms in total. The van der Waals surface area contributed by atoms with E-state index in [4.69, 9.17) is 21.6 Å². The zero-order valence-corrected chi connectivity index (χ0v) is 11.7. The minimum Gasteiger partial charge on any atom is -0.452 e. The molecule has 108 valence electrons. The molecule has 0 atom stereocenters. The van der Waals surface area contributed by atoms with Crippen LogP contribution in [0.4, 0.5) is 8.78 Å². The molecule has 1 heterocycles. The van der Waals surface area contributed by atoms with Crippen LogP contribution in [0.1, 0.15) is 5.56 Å². The maximum absolute atomic E-state index is 13.9. The third kappa shape index (κ3) is 2.45. The second-order valence-corrected chi connectivity index (χ2v) is 4.83. The van der Waals surface area contributed by atoms with Crippen LogP contribution in [0.25, 0.3) is 10.9 Å². The summed E-state index contributed by atoms with van der Waals surface area (Å²) in [6.45, 7) is 0. The summed E-state index contributed by atoms with van der Waals surface area (Å²) in [5.41, 5.74) is 0.0445. The predicted octanol–water partition coefficient (Wildman–Crippen LogP) is 4.83. The number of hydrogen-bond acceptors (Lipinski definition) is 3. The largest absolute Gasteiger partial charge is 0.452 e. The molecule has 0 spiro atoms. The first-order valence-corrected chi connectivity index (χ1v) is 6.58. The number of rotatable bonds is 2. The highest BCUT2D eigenvalue weighted by Gasteiger charge is 2.14. The van der Waals surface area contributed by atoms with E-state index in [-0.39, 0.29) is 17.1 Å². The second-order valence-electron chi connectivity index (χ2n) is 4.42. The molecule has 0 saturated carbocycles. The number of benzene rings is 2. The Morgan fingerprint density at radius 3 is 2.68 bits per heavy atom. The smallest absolute Gasteiger partial charge is 0.167 e. The Morgan fingerprint density at radius 2 is 1.91 bits per heavy atom. The van der Waals surface area contributed by atoms with E-state index < -0.39 is 11.6 Å². The van der Waals surface area contributed by atoms with Crippen molar-refractivity contribution in [3.63, 3.8) is 0 Å². The maximum Gasteiger partial charge on any atom is 0.167 e. The Hall–Kier alpha value is -2.71. The molecule has 0 N–H and O–H groups in total. The van der Waals surface area contributed by atoms with Crippen LogP contribution in [0.15, 0.2) is 42.6 Å². The summed E-state index contributed by atoms with van der Waals surface area (Å²) < 4.78 is 32.9. The molecule has 3 aromatic rings. The average molecular weight is 317 g/mol. The number of nitriles is 1. The van der Waals surface area contributed by atoms with Gasteiger partial charge in [-0.1, -0.05) is 11.6 Å². The van der Waals surface area contributed by atoms with Gasteiger partial charge < -0.3 is 4.74 Å². The fourth-order valence-corrected chi connectivity index (χ4v) is 2.22. The molecule has 0 aliphatic rings. The Morgan fingerprint density at radius 1 is 1.09 bits per heavy atom. The highest BCUT2D eigenvalue weighted by atomic mass is 35.5. The topological polar surface area (TPSA) is 45.9 Å². The molecule has 6 heteroatoms. The van der Waals surface area contributed by atoms with Crippen molar-refractivity contribution in [2.24, 2.45) is 0 Å². The Labute approximate surface area is 129 Å². The number of fused-ring (bicyclic) bond motifs is 1. The van der Waals surface area contributed by atoms with Crippen LogP contribution in [0.2, 0.25) is 5.02 Å². The van der Waals surface area contributed by atoms with Gasteiger partial charge >= 0.3 is 0 Å². The van der Waals surface area contributed by atoms with Crippen molar-refractivity contribution in [1.82, 2.24) is 4.98 Å². The lowest BCUT2D eigenvalue weighted by Crippen LogP contribution is -1.94. The Kier molecular flexibility index (Phi) is 3.61. The molecular formula is C16H7ClF2N2O. The number of halogens is 3. The van der Waals surface area contributed by atoms with E-state index in [1.165, 1.54) is 6.07 Å². The molecule has 0 bridgehead atoms. The normalized spacial score (nSPS) is 10.5. The van der Waals surface area contributed by atoms with E-state index in [2.05, 4.69) is 4.98 Å². The molecule has 0 radical (unpaired) electrons. The molecule has 3 rings (SSSR count). The minimum atomic E-state index is -0.856. The maximum atomic E-state index is 13.9. The summed E-state index contributed by atoms with van der Waals surface area (Å²) in [4.78, 5) is 4.15. The van der Waals surface area contributed by atoms with Gasteiger partial charge in [0.1, 0.15) is 17.4 Å². The van der Waals surface area contributed by atoms with E-state index in [0.717, 1.165) is 12.1 Å². The SMILES string of the molecule is N#Cc1cc(F)c(Oc2ccc(Cl)c3cccnc23)cc1F. The van der Waals surface area contributed by atoms with Gasteiger partial charge in [-0.15, -0.1) is 0 Å². The molecule has 22 heavy (non-hydrogen) atoms. The highest BCUT2D eigenvalue weighted by Crippen LogP contribution is 2.34. The van der Waals surface area contributed by atoms with Gasteiger partial charge in [-0.05, 0) is 30.3 Å². The first-order chi connectivity index (χ1) is 10.6. The fraction of sp³-hybridized carbons (Fsp3) is 0. The Bertz CT molecular complexity index is 922. The lowest BCUT2D eigenvalue weighted by molar-refractivity contribution is 0.439. The summed E-state index contributed by atoms with van der Waals surface area (Å²) in [5, 5.41) is 9.78. The standard InChI is InChI=1S/C16H7ClF2N2O/c17-11-3-4-14(16-10(11)2-1-5-21-16)22-15-7-12(18)9(8-20)6-13(15)19/h1-7H. The lowest BCUT2D eigenvalue weighted by atomic mass is 10.2. The number of aromatic nitrogens is 1. The fourth-order valence-electron chi connectivity index (χ4n) is 2.01. The molecule has 0 unspecified atom stereocenters. The van der Waals surface area contributed by atoms with Crippen molar-refractivity contribution < 1.29 is 13.5 Å². The van der Waals surface area contributed by atoms with Crippen LogP contribution in [0.5, 0.6) is 11.5 Å². The monoisotopic (exact) mass is 316 g/mol. The summed E-state index contributed by atoms with van der Waals surface area (Å²) in [6, 6.07) is 9.74. The van der Waals surface area contributed by atoms with Crippen molar-refractivity contribution in [1.29, 1.82) is 5.26 Å². The molecule has 2 aromatic carbocycles. The first-order valence-electron chi connectivity index (χ1n) is 6.20. The van der Waals surface area contributed by atoms with Gasteiger partial charge in [-0.2, -0.15) is 5.26 Å². The van der Waals surface area contributed by atoms with Crippen molar-refractivity contribution >= 4 is 22.5 Å². The molecular weight excluding hydrogens is 310 g/mol. The molecule has 0 aliphatic heterocycles. The van der Waals surface area contributed by atoms with Gasteiger partial charge in [0.15, 0.2) is 17.3 Å². The zero-order chi connectivity index (χ0) is 15.7. The van der Waals surface area contributed by atoms with Crippen molar-refractivity contribution in [3.05, 3.63) is 64.8 Å². The predicted molar refractivity (Wildman–Crippen MR) is 77.9 cm³/mol. The van der Waals surface area contributed by atoms with Crippen LogP contribution in [0, 0.1) is 23.0 Å². The number of nitrogens with zero attached hydrogens (tertiary/aromatic N) is 2. The molecule has 0 aliphatic carbocycles. The van der Waals surface area contributed by atoms with Gasteiger partial charge in [0.2, 0.25) is 0 Å². The van der Waals surface area contributed by atoms with Gasteiger partial charge in [-0.3, -0.25) is 4.98 Å². The molecule has 0 fully saturated rings. The van der Waals surface area contributed by atoms with E-state index in [9.17, 15) is 8.78 Å². The quantitative estimate of drug-likeness (QED) is 0.680. The van der Waals surface area contributed by atoms with Crippen molar-refractivity contribution in [2.75, 3.05) is 0 Å². The minimum absolute atomic E-state index is 0.239. The van der Waals surface area contributed by atoms with Gasteiger partial charge in [0.25, 0.3) is 0 Å². The van der Waals surface area contributed by atoms with E-state index in [1.54, 1.807) is 30.5 Å². The summed E-state index contributed by atoms with van der Waals surface area (Å²) in [6.07, 6.45) is 1.54. The lowest BCUT2D eigenvalue weighted by Gasteiger charge is -2.10. The highest BCUT2D eigenvalue weighted by molar-refractivity contribution is 6.35. The van der Waals surface area contributed by atoms with Crippen LogP contribution in [-0.4, -0.2) is 4.98 Å². The van der Waals surface area contributed by atoms with Gasteiger partial charge in [0, 0.05) is 17.6 Å². The summed E-state index contributed by atoms with van der Waals surface area (Å²) >= 11 is 6.06. The number of ether oxygens (including phenoxy) is 1. The number of pyridine rings is 1. The molecule has 0 saturated heterocycles. The van der Waals surface area contributed by atoms with E-state index in [0.29, 0.717) is 15.9 Å². The second kappa shape index (κ2) is 5.58. The Balaban J connectivity index is 2.10. The summed E-state index contributed by atoms with van der Waals surface area (Å²) in [5.74, 6) is -1.78. The van der Waals surface area contributed by atoms with Crippen LogP contribution >= 0.6 is 11.6 Å². The van der Waals surface area contributed by atoms with E-state index in [1.807, 2.05) is 0 Å². The van der Waals surface area contributed by atoms with Crippen molar-refractivity contribution in [2.45, 2.75) is 0 Å². The van der Waals surface area contributed by atoms with Crippen LogP contribution < -0.4 is 4.74 Å². The van der Waals surface area contributed by atoms with E-state index >= 15 is 0 Å². The third-order valence-electron chi connectivity index (χ3n) is 3.04. The molecule has 0 amide bonds. The average Bonchev–Trinajstić information content (AvgIpc) is 2.53. The van der Waals surface area contributed by atoms with Gasteiger partial charge in [0.05, 0.1) is 10.6 Å². The first kappa shape index (κ1) is 14.2. The zero-order valence-electron chi connectivity index (χ0n) is 11.0. The molecule has 1 aromatic heterocycles. The van der Waals surface area contributed by atoms with Crippen LogP contribution in [-0.2, 0) is 0 Å². The summed E-state index contributed by atoms with van der Waals surface area (Å²) in [7, 11) is 0. The third-order valence-corrected chi connectivity index (χ3v) is 3.37. The van der Waals surface area contributed by atoms with Gasteiger partial charge in [-0.25, -0.2) is 8.78 Å².